The average molecular weight is 270 g/mol. The smallest absolute Gasteiger partial charge is 0.125 e. The summed E-state index contributed by atoms with van der Waals surface area (Å²) in [5, 5.41) is 3.17. The van der Waals surface area contributed by atoms with Gasteiger partial charge in [0, 0.05) is 24.5 Å². The number of pyridine rings is 1. The molecule has 1 N–H and O–H groups in total. The number of rotatable bonds is 5. The summed E-state index contributed by atoms with van der Waals surface area (Å²) in [6.07, 6.45) is 3.71. The van der Waals surface area contributed by atoms with E-state index >= 15 is 0 Å². The molecule has 20 heavy (non-hydrogen) atoms. The van der Waals surface area contributed by atoms with Crippen LogP contribution in [0, 0.1) is 20.8 Å². The summed E-state index contributed by atoms with van der Waals surface area (Å²) in [6, 6.07) is 6.45. The molecular formula is C17H22N2O. The summed E-state index contributed by atoms with van der Waals surface area (Å²) in [7, 11) is 1.96. The quantitative estimate of drug-likeness (QED) is 0.905. The highest BCUT2D eigenvalue weighted by Crippen LogP contribution is 2.25. The lowest BCUT2D eigenvalue weighted by Gasteiger charge is -2.14. The van der Waals surface area contributed by atoms with Crippen molar-refractivity contribution < 1.29 is 4.74 Å². The standard InChI is InChI=1S/C17H22N2O/c1-12-5-16(10-19-8-12)11-20-17-13(2)6-15(9-18-4)7-14(17)3/h5-8,10,18H,9,11H2,1-4H3. The maximum absolute atomic E-state index is 5.98. The molecule has 3 nitrogen and oxygen atoms in total. The Balaban J connectivity index is 2.13. The minimum absolute atomic E-state index is 0.557. The van der Waals surface area contributed by atoms with E-state index in [0.29, 0.717) is 6.61 Å². The van der Waals surface area contributed by atoms with Gasteiger partial charge in [-0.3, -0.25) is 4.98 Å². The van der Waals surface area contributed by atoms with E-state index in [1.807, 2.05) is 26.4 Å². The lowest BCUT2D eigenvalue weighted by atomic mass is 10.1. The Morgan fingerprint density at radius 1 is 1.00 bits per heavy atom. The topological polar surface area (TPSA) is 34.1 Å². The molecule has 0 saturated carbocycles. The number of hydrogen-bond donors (Lipinski definition) is 1. The Kier molecular flexibility index (Phi) is 4.74. The minimum atomic E-state index is 0.557. The van der Waals surface area contributed by atoms with Crippen LogP contribution in [0.15, 0.2) is 30.6 Å². The average Bonchev–Trinajstić information content (AvgIpc) is 2.38. The molecule has 0 aliphatic heterocycles. The highest BCUT2D eigenvalue weighted by molar-refractivity contribution is 5.43. The van der Waals surface area contributed by atoms with E-state index in [-0.39, 0.29) is 0 Å². The number of nitrogens with zero attached hydrogens (tertiary/aromatic N) is 1. The molecule has 0 spiro atoms. The Morgan fingerprint density at radius 3 is 2.30 bits per heavy atom. The van der Waals surface area contributed by atoms with E-state index < -0.39 is 0 Å². The van der Waals surface area contributed by atoms with Crippen LogP contribution in [0.25, 0.3) is 0 Å². The van der Waals surface area contributed by atoms with Gasteiger partial charge in [0.2, 0.25) is 0 Å². The summed E-state index contributed by atoms with van der Waals surface area (Å²) in [6.45, 7) is 7.66. The van der Waals surface area contributed by atoms with Gasteiger partial charge in [-0.1, -0.05) is 12.1 Å². The molecule has 1 aromatic heterocycles. The maximum atomic E-state index is 5.98. The van der Waals surface area contributed by atoms with Crippen molar-refractivity contribution >= 4 is 0 Å². The van der Waals surface area contributed by atoms with E-state index in [4.69, 9.17) is 4.74 Å². The third-order valence-electron chi connectivity index (χ3n) is 3.22. The zero-order valence-electron chi connectivity index (χ0n) is 12.7. The van der Waals surface area contributed by atoms with Crippen molar-refractivity contribution in [3.8, 4) is 5.75 Å². The molecule has 3 heteroatoms. The third kappa shape index (κ3) is 3.58. The molecule has 0 radical (unpaired) electrons. The maximum Gasteiger partial charge on any atom is 0.125 e. The van der Waals surface area contributed by atoms with Crippen LogP contribution < -0.4 is 10.1 Å². The zero-order valence-corrected chi connectivity index (χ0v) is 12.7. The first-order chi connectivity index (χ1) is 9.60. The highest BCUT2D eigenvalue weighted by atomic mass is 16.5. The summed E-state index contributed by atoms with van der Waals surface area (Å²) < 4.78 is 5.98. The Bertz CT molecular complexity index is 570. The van der Waals surface area contributed by atoms with Crippen LogP contribution in [0.1, 0.15) is 27.8 Å². The summed E-state index contributed by atoms with van der Waals surface area (Å²) in [5.74, 6) is 0.978. The van der Waals surface area contributed by atoms with Crippen molar-refractivity contribution in [2.75, 3.05) is 7.05 Å². The normalized spacial score (nSPS) is 10.6. The number of aryl methyl sites for hydroxylation is 3. The van der Waals surface area contributed by atoms with Crippen molar-refractivity contribution in [1.29, 1.82) is 0 Å². The second-order valence-electron chi connectivity index (χ2n) is 5.25. The van der Waals surface area contributed by atoms with Crippen molar-refractivity contribution in [1.82, 2.24) is 10.3 Å². The predicted octanol–water partition coefficient (Wildman–Crippen LogP) is 3.31. The molecule has 0 atom stereocenters. The van der Waals surface area contributed by atoms with Crippen LogP contribution in [-0.2, 0) is 13.2 Å². The van der Waals surface area contributed by atoms with E-state index in [1.165, 1.54) is 16.7 Å². The van der Waals surface area contributed by atoms with E-state index in [2.05, 4.69) is 42.3 Å². The van der Waals surface area contributed by atoms with Gasteiger partial charge in [0.05, 0.1) is 0 Å². The molecule has 0 aliphatic carbocycles. The first kappa shape index (κ1) is 14.5. The number of benzene rings is 1. The van der Waals surface area contributed by atoms with Gasteiger partial charge in [-0.05, 0) is 56.1 Å². The van der Waals surface area contributed by atoms with Gasteiger partial charge >= 0.3 is 0 Å². The molecule has 0 aliphatic rings. The zero-order chi connectivity index (χ0) is 14.5. The van der Waals surface area contributed by atoms with Crippen molar-refractivity contribution in [2.24, 2.45) is 0 Å². The molecule has 0 fully saturated rings. The molecule has 2 rings (SSSR count). The van der Waals surface area contributed by atoms with Crippen LogP contribution in [0.3, 0.4) is 0 Å². The summed E-state index contributed by atoms with van der Waals surface area (Å²) in [5.41, 5.74) is 5.89. The SMILES string of the molecule is CNCc1cc(C)c(OCc2cncc(C)c2)c(C)c1. The van der Waals surface area contributed by atoms with Crippen molar-refractivity contribution in [3.05, 3.63) is 58.4 Å². The Morgan fingerprint density at radius 2 is 1.70 bits per heavy atom. The number of hydrogen-bond acceptors (Lipinski definition) is 3. The fraction of sp³-hybridized carbons (Fsp3) is 0.353. The second-order valence-corrected chi connectivity index (χ2v) is 5.25. The van der Waals surface area contributed by atoms with Gasteiger partial charge in [0.1, 0.15) is 12.4 Å². The number of nitrogens with one attached hydrogen (secondary N) is 1. The van der Waals surface area contributed by atoms with Gasteiger partial charge in [-0.25, -0.2) is 0 Å². The van der Waals surface area contributed by atoms with Gasteiger partial charge < -0.3 is 10.1 Å². The molecule has 0 saturated heterocycles. The van der Waals surface area contributed by atoms with Crippen LogP contribution in [0.5, 0.6) is 5.75 Å². The molecule has 1 aromatic carbocycles. The van der Waals surface area contributed by atoms with Crippen LogP contribution in [0.2, 0.25) is 0 Å². The minimum Gasteiger partial charge on any atom is -0.488 e. The number of ether oxygens (including phenoxy) is 1. The van der Waals surface area contributed by atoms with E-state index in [0.717, 1.165) is 23.4 Å². The van der Waals surface area contributed by atoms with Gasteiger partial charge in [0.25, 0.3) is 0 Å². The molecule has 1 heterocycles. The molecule has 0 amide bonds. The van der Waals surface area contributed by atoms with Gasteiger partial charge in [-0.15, -0.1) is 0 Å². The molecule has 0 bridgehead atoms. The van der Waals surface area contributed by atoms with E-state index in [1.54, 1.807) is 0 Å². The predicted molar refractivity (Wildman–Crippen MR) is 82.0 cm³/mol. The Labute approximate surface area is 121 Å². The second kappa shape index (κ2) is 6.53. The van der Waals surface area contributed by atoms with Crippen molar-refractivity contribution in [2.45, 2.75) is 33.9 Å². The van der Waals surface area contributed by atoms with Crippen LogP contribution >= 0.6 is 0 Å². The lowest BCUT2D eigenvalue weighted by Crippen LogP contribution is -2.06. The largest absolute Gasteiger partial charge is 0.488 e. The molecule has 106 valence electrons. The van der Waals surface area contributed by atoms with Crippen LogP contribution in [0.4, 0.5) is 0 Å². The number of aromatic nitrogens is 1. The third-order valence-corrected chi connectivity index (χ3v) is 3.22. The lowest BCUT2D eigenvalue weighted by molar-refractivity contribution is 0.301. The summed E-state index contributed by atoms with van der Waals surface area (Å²) >= 11 is 0. The van der Waals surface area contributed by atoms with Gasteiger partial charge in [-0.2, -0.15) is 0 Å². The molecular weight excluding hydrogens is 248 g/mol. The first-order valence-electron chi connectivity index (χ1n) is 6.88. The van der Waals surface area contributed by atoms with Crippen molar-refractivity contribution in [3.63, 3.8) is 0 Å². The molecule has 0 unspecified atom stereocenters. The fourth-order valence-electron chi connectivity index (χ4n) is 2.43. The van der Waals surface area contributed by atoms with Gasteiger partial charge in [0.15, 0.2) is 0 Å². The van der Waals surface area contributed by atoms with Crippen LogP contribution in [-0.4, -0.2) is 12.0 Å². The Hall–Kier alpha value is -1.87. The molecule has 2 aromatic rings. The van der Waals surface area contributed by atoms with E-state index in [9.17, 15) is 0 Å². The fourth-order valence-corrected chi connectivity index (χ4v) is 2.43. The summed E-state index contributed by atoms with van der Waals surface area (Å²) in [4.78, 5) is 4.19. The monoisotopic (exact) mass is 270 g/mol. The highest BCUT2D eigenvalue weighted by Gasteiger charge is 2.07. The first-order valence-corrected chi connectivity index (χ1v) is 6.88.